The maximum absolute atomic E-state index is 11.4. The molecule has 1 aromatic heterocycles. The summed E-state index contributed by atoms with van der Waals surface area (Å²) in [6.07, 6.45) is 2.59. The van der Waals surface area contributed by atoms with Crippen LogP contribution in [-0.4, -0.2) is 19.2 Å². The lowest BCUT2D eigenvalue weighted by Gasteiger charge is -2.09. The molecule has 0 unspecified atom stereocenters. The summed E-state index contributed by atoms with van der Waals surface area (Å²) < 4.78 is 23.7. The molecule has 0 bridgehead atoms. The standard InChI is InChI=1S/C9H13NO3S/c1-7(2)10-5-4-8(6-9(10)11)14(3,12)13/h4-7H,1-3H3. The van der Waals surface area contributed by atoms with Crippen molar-refractivity contribution in [2.45, 2.75) is 24.8 Å². The third-order valence-electron chi connectivity index (χ3n) is 1.90. The Balaban J connectivity index is 3.35. The fraction of sp³-hybridized carbons (Fsp3) is 0.444. The molecule has 0 aliphatic rings. The third-order valence-corrected chi connectivity index (χ3v) is 3.01. The lowest BCUT2D eigenvalue weighted by molar-refractivity contribution is 0.572. The summed E-state index contributed by atoms with van der Waals surface area (Å²) in [7, 11) is -3.28. The Bertz CT molecular complexity index is 485. The van der Waals surface area contributed by atoms with Gasteiger partial charge in [0.25, 0.3) is 5.56 Å². The molecule has 1 heterocycles. The molecular weight excluding hydrogens is 202 g/mol. The van der Waals surface area contributed by atoms with Crippen molar-refractivity contribution < 1.29 is 8.42 Å². The molecule has 0 aliphatic carbocycles. The van der Waals surface area contributed by atoms with Gasteiger partial charge in [-0.3, -0.25) is 4.79 Å². The van der Waals surface area contributed by atoms with Gasteiger partial charge >= 0.3 is 0 Å². The zero-order valence-electron chi connectivity index (χ0n) is 8.39. The van der Waals surface area contributed by atoms with Crippen molar-refractivity contribution in [1.29, 1.82) is 0 Å². The number of nitrogens with zero attached hydrogens (tertiary/aromatic N) is 1. The maximum Gasteiger partial charge on any atom is 0.252 e. The third kappa shape index (κ3) is 2.23. The highest BCUT2D eigenvalue weighted by molar-refractivity contribution is 7.90. The number of hydrogen-bond acceptors (Lipinski definition) is 3. The molecule has 0 aromatic carbocycles. The van der Waals surface area contributed by atoms with Crippen LogP contribution in [0.15, 0.2) is 28.0 Å². The highest BCUT2D eigenvalue weighted by atomic mass is 32.2. The molecule has 0 saturated heterocycles. The van der Waals surface area contributed by atoms with E-state index >= 15 is 0 Å². The van der Waals surface area contributed by atoms with E-state index in [4.69, 9.17) is 0 Å². The first-order chi connectivity index (χ1) is 6.32. The largest absolute Gasteiger partial charge is 0.313 e. The predicted molar refractivity (Wildman–Crippen MR) is 54.2 cm³/mol. The van der Waals surface area contributed by atoms with Gasteiger partial charge in [-0.2, -0.15) is 0 Å². The van der Waals surface area contributed by atoms with Crippen LogP contribution < -0.4 is 5.56 Å². The molecule has 0 N–H and O–H groups in total. The fourth-order valence-electron chi connectivity index (χ4n) is 1.13. The molecule has 1 aromatic rings. The Morgan fingerprint density at radius 1 is 1.36 bits per heavy atom. The van der Waals surface area contributed by atoms with Gasteiger partial charge in [-0.05, 0) is 19.9 Å². The minimum atomic E-state index is -3.28. The minimum absolute atomic E-state index is 0.0381. The summed E-state index contributed by atoms with van der Waals surface area (Å²) in [4.78, 5) is 11.5. The number of sulfone groups is 1. The van der Waals surface area contributed by atoms with Gasteiger partial charge in [0, 0.05) is 24.6 Å². The van der Waals surface area contributed by atoms with Crippen molar-refractivity contribution >= 4 is 9.84 Å². The topological polar surface area (TPSA) is 56.1 Å². The van der Waals surface area contributed by atoms with Crippen LogP contribution in [0.3, 0.4) is 0 Å². The SMILES string of the molecule is CC(C)n1ccc(S(C)(=O)=O)cc1=O. The van der Waals surface area contributed by atoms with Gasteiger partial charge in [0.2, 0.25) is 0 Å². The second-order valence-corrected chi connectivity index (χ2v) is 5.49. The van der Waals surface area contributed by atoms with E-state index in [1.807, 2.05) is 13.8 Å². The first-order valence-electron chi connectivity index (χ1n) is 4.24. The number of aromatic nitrogens is 1. The molecule has 1 rings (SSSR count). The van der Waals surface area contributed by atoms with Gasteiger partial charge in [0.05, 0.1) is 4.90 Å². The highest BCUT2D eigenvalue weighted by Gasteiger charge is 2.09. The van der Waals surface area contributed by atoms with E-state index in [0.29, 0.717) is 0 Å². The Labute approximate surface area is 83.1 Å². The Morgan fingerprint density at radius 2 is 1.93 bits per heavy atom. The van der Waals surface area contributed by atoms with E-state index in [0.717, 1.165) is 12.3 Å². The molecule has 0 spiro atoms. The van der Waals surface area contributed by atoms with Crippen molar-refractivity contribution in [2.24, 2.45) is 0 Å². The summed E-state index contributed by atoms with van der Waals surface area (Å²) in [6, 6.07) is 2.63. The van der Waals surface area contributed by atoms with E-state index in [9.17, 15) is 13.2 Å². The van der Waals surface area contributed by atoms with Crippen LogP contribution in [-0.2, 0) is 9.84 Å². The maximum atomic E-state index is 11.4. The van der Waals surface area contributed by atoms with Gasteiger partial charge in [-0.25, -0.2) is 8.42 Å². The number of pyridine rings is 1. The van der Waals surface area contributed by atoms with E-state index < -0.39 is 9.84 Å². The normalized spacial score (nSPS) is 12.0. The van der Waals surface area contributed by atoms with Crippen molar-refractivity contribution in [3.63, 3.8) is 0 Å². The van der Waals surface area contributed by atoms with E-state index in [1.165, 1.54) is 16.8 Å². The average molecular weight is 215 g/mol. The summed E-state index contributed by atoms with van der Waals surface area (Å²) >= 11 is 0. The molecule has 14 heavy (non-hydrogen) atoms. The van der Waals surface area contributed by atoms with Gasteiger partial charge in [0.15, 0.2) is 9.84 Å². The summed E-state index contributed by atoms with van der Waals surface area (Å²) in [6.45, 7) is 3.73. The first kappa shape index (κ1) is 11.0. The van der Waals surface area contributed by atoms with Crippen LogP contribution in [0.2, 0.25) is 0 Å². The zero-order chi connectivity index (χ0) is 10.9. The van der Waals surface area contributed by atoms with Crippen LogP contribution in [0.1, 0.15) is 19.9 Å². The lowest BCUT2D eigenvalue weighted by atomic mass is 10.3. The van der Waals surface area contributed by atoms with E-state index in [1.54, 1.807) is 0 Å². The second-order valence-electron chi connectivity index (χ2n) is 3.47. The van der Waals surface area contributed by atoms with Crippen LogP contribution in [0.4, 0.5) is 0 Å². The van der Waals surface area contributed by atoms with Crippen molar-refractivity contribution in [3.05, 3.63) is 28.7 Å². The van der Waals surface area contributed by atoms with Gasteiger partial charge in [-0.1, -0.05) is 0 Å². The molecule has 5 heteroatoms. The van der Waals surface area contributed by atoms with Crippen molar-refractivity contribution in [2.75, 3.05) is 6.26 Å². The number of hydrogen-bond donors (Lipinski definition) is 0. The molecule has 78 valence electrons. The minimum Gasteiger partial charge on any atom is -0.313 e. The van der Waals surface area contributed by atoms with E-state index in [2.05, 4.69) is 0 Å². The molecule has 0 saturated carbocycles. The van der Waals surface area contributed by atoms with E-state index in [-0.39, 0.29) is 16.5 Å². The second kappa shape index (κ2) is 3.57. The molecule has 0 radical (unpaired) electrons. The smallest absolute Gasteiger partial charge is 0.252 e. The molecule has 0 amide bonds. The molecule has 0 atom stereocenters. The molecule has 0 fully saturated rings. The van der Waals surface area contributed by atoms with Gasteiger partial charge in [0.1, 0.15) is 0 Å². The predicted octanol–water partition coefficient (Wildman–Crippen LogP) is 0.833. The lowest BCUT2D eigenvalue weighted by Crippen LogP contribution is -2.21. The zero-order valence-corrected chi connectivity index (χ0v) is 9.21. The van der Waals surface area contributed by atoms with Crippen molar-refractivity contribution in [3.8, 4) is 0 Å². The summed E-state index contributed by atoms with van der Waals surface area (Å²) in [5, 5.41) is 0. The Hall–Kier alpha value is -1.10. The highest BCUT2D eigenvalue weighted by Crippen LogP contribution is 2.06. The quantitative estimate of drug-likeness (QED) is 0.734. The van der Waals surface area contributed by atoms with Crippen LogP contribution in [0.25, 0.3) is 0 Å². The van der Waals surface area contributed by atoms with Crippen LogP contribution in [0, 0.1) is 0 Å². The summed E-state index contributed by atoms with van der Waals surface area (Å²) in [5.41, 5.74) is -0.289. The van der Waals surface area contributed by atoms with Gasteiger partial charge in [-0.15, -0.1) is 0 Å². The first-order valence-corrected chi connectivity index (χ1v) is 6.14. The Morgan fingerprint density at radius 3 is 2.29 bits per heavy atom. The monoisotopic (exact) mass is 215 g/mol. The van der Waals surface area contributed by atoms with Gasteiger partial charge < -0.3 is 4.57 Å². The summed E-state index contributed by atoms with van der Waals surface area (Å²) in [5.74, 6) is 0. The molecular formula is C9H13NO3S. The van der Waals surface area contributed by atoms with Crippen LogP contribution in [0.5, 0.6) is 0 Å². The van der Waals surface area contributed by atoms with Crippen molar-refractivity contribution in [1.82, 2.24) is 4.57 Å². The average Bonchev–Trinajstić information content (AvgIpc) is 2.01. The Kier molecular flexibility index (Phi) is 2.80. The fourth-order valence-corrected chi connectivity index (χ4v) is 1.75. The van der Waals surface area contributed by atoms with Crippen LogP contribution >= 0.6 is 0 Å². The molecule has 4 nitrogen and oxygen atoms in total. The number of rotatable bonds is 2. The molecule has 0 aliphatic heterocycles.